The molecule has 3 aliphatic rings. The first-order valence-corrected chi connectivity index (χ1v) is 9.59. The number of fused-ring (bicyclic) bond motifs is 1. The zero-order valence-electron chi connectivity index (χ0n) is 13.2. The summed E-state index contributed by atoms with van der Waals surface area (Å²) in [5, 5.41) is 10.6. The maximum atomic E-state index is 12.8. The zero-order valence-corrected chi connectivity index (χ0v) is 14.0. The molecule has 3 nitrogen and oxygen atoms in total. The topological polar surface area (TPSA) is 46.5 Å². The Bertz CT molecular complexity index is 600. The third kappa shape index (κ3) is 1.84. The third-order valence-electron chi connectivity index (χ3n) is 6.71. The number of ether oxygens (including phenoxy) is 1. The number of aliphatic hydroxyl groups is 1. The van der Waals surface area contributed by atoms with Crippen LogP contribution >= 0.6 is 0 Å². The van der Waals surface area contributed by atoms with Crippen LogP contribution in [0.3, 0.4) is 0 Å². The predicted octanol–water partition coefficient (Wildman–Crippen LogP) is 3.02. The molecule has 1 aromatic rings. The van der Waals surface area contributed by atoms with Crippen molar-refractivity contribution in [2.75, 3.05) is 5.75 Å². The molecule has 1 saturated heterocycles. The molecule has 1 aromatic carbocycles. The Morgan fingerprint density at radius 2 is 2.05 bits per heavy atom. The van der Waals surface area contributed by atoms with Gasteiger partial charge in [0.2, 0.25) is 0 Å². The van der Waals surface area contributed by atoms with Crippen LogP contribution in [-0.2, 0) is 15.5 Å². The van der Waals surface area contributed by atoms with Gasteiger partial charge in [-0.3, -0.25) is 4.21 Å². The van der Waals surface area contributed by atoms with E-state index in [0.717, 1.165) is 18.4 Å². The smallest absolute Gasteiger partial charge is 0.162 e. The molecule has 1 aliphatic heterocycles. The highest BCUT2D eigenvalue weighted by atomic mass is 32.2. The van der Waals surface area contributed by atoms with Crippen molar-refractivity contribution in [1.29, 1.82) is 0 Å². The molecule has 0 radical (unpaired) electrons. The highest BCUT2D eigenvalue weighted by molar-refractivity contribution is 7.85. The van der Waals surface area contributed by atoms with Crippen LogP contribution in [0.2, 0.25) is 0 Å². The molecule has 2 bridgehead atoms. The largest absolute Gasteiger partial charge is 0.385 e. The lowest BCUT2D eigenvalue weighted by molar-refractivity contribution is -0.102. The van der Waals surface area contributed by atoms with Gasteiger partial charge in [-0.05, 0) is 36.2 Å². The Labute approximate surface area is 134 Å². The van der Waals surface area contributed by atoms with E-state index >= 15 is 0 Å². The van der Waals surface area contributed by atoms with Crippen molar-refractivity contribution in [1.82, 2.24) is 0 Å². The summed E-state index contributed by atoms with van der Waals surface area (Å²) in [6.07, 6.45) is 2.76. The lowest BCUT2D eigenvalue weighted by atomic mass is 9.69. The number of rotatable bonds is 2. The summed E-state index contributed by atoms with van der Waals surface area (Å²) >= 11 is 0. The van der Waals surface area contributed by atoms with Gasteiger partial charge < -0.3 is 9.84 Å². The molecule has 6 atom stereocenters. The molecule has 22 heavy (non-hydrogen) atoms. The van der Waals surface area contributed by atoms with Crippen molar-refractivity contribution < 1.29 is 14.1 Å². The monoisotopic (exact) mass is 320 g/mol. The zero-order chi connectivity index (χ0) is 15.5. The van der Waals surface area contributed by atoms with E-state index in [-0.39, 0.29) is 16.9 Å². The molecule has 2 saturated carbocycles. The van der Waals surface area contributed by atoms with Gasteiger partial charge in [0.05, 0.1) is 16.9 Å². The number of benzene rings is 1. The normalized spacial score (nSPS) is 43.8. The summed E-state index contributed by atoms with van der Waals surface area (Å²) < 4.78 is 19.1. The van der Waals surface area contributed by atoms with Gasteiger partial charge in [0.15, 0.2) is 5.44 Å². The van der Waals surface area contributed by atoms with Gasteiger partial charge >= 0.3 is 0 Å². The predicted molar refractivity (Wildman–Crippen MR) is 86.6 cm³/mol. The van der Waals surface area contributed by atoms with Gasteiger partial charge in [-0.2, -0.15) is 0 Å². The standard InChI is InChI=1S/C18H24O3S/c1-17(2)13-8-9-18(17)11-22(20)16(21-14(18)10-13)15(19)12-6-4-3-5-7-12/h3-7,13-16,19H,8-11H2,1-2H3/t13-,14-,15-,16-,18-,22?/m1/s1. The molecule has 1 spiro atoms. The van der Waals surface area contributed by atoms with Crippen molar-refractivity contribution >= 4 is 10.8 Å². The SMILES string of the molecule is CC1(C)[C@@H]2CC[C@]13CS(=O)[C@H]([C@H](O)c1ccccc1)O[C@@H]3C2. The third-order valence-corrected chi connectivity index (χ3v) is 8.40. The minimum absolute atomic E-state index is 0.0510. The molecule has 1 heterocycles. The van der Waals surface area contributed by atoms with Crippen molar-refractivity contribution in [3.05, 3.63) is 35.9 Å². The maximum Gasteiger partial charge on any atom is 0.162 e. The molecular formula is C18H24O3S. The van der Waals surface area contributed by atoms with Gasteiger partial charge in [-0.1, -0.05) is 44.2 Å². The molecule has 0 amide bonds. The maximum absolute atomic E-state index is 12.8. The summed E-state index contributed by atoms with van der Waals surface area (Å²) in [5.74, 6) is 1.34. The van der Waals surface area contributed by atoms with E-state index in [1.165, 1.54) is 6.42 Å². The Morgan fingerprint density at radius 1 is 1.32 bits per heavy atom. The summed E-state index contributed by atoms with van der Waals surface area (Å²) in [6.45, 7) is 4.64. The first kappa shape index (κ1) is 14.9. The van der Waals surface area contributed by atoms with E-state index < -0.39 is 22.3 Å². The number of aliphatic hydroxyl groups excluding tert-OH is 1. The molecule has 4 heteroatoms. The number of hydrogen-bond donors (Lipinski definition) is 1. The number of hydrogen-bond acceptors (Lipinski definition) is 3. The highest BCUT2D eigenvalue weighted by Crippen LogP contribution is 2.68. The Kier molecular flexibility index (Phi) is 3.30. The first-order chi connectivity index (χ1) is 10.5. The molecule has 2 aliphatic carbocycles. The van der Waals surface area contributed by atoms with E-state index in [1.54, 1.807) is 0 Å². The van der Waals surface area contributed by atoms with Crippen molar-refractivity contribution in [2.24, 2.45) is 16.7 Å². The summed E-state index contributed by atoms with van der Waals surface area (Å²) in [5.41, 5.74) is 0.457. The molecule has 0 aromatic heterocycles. The molecule has 120 valence electrons. The fraction of sp³-hybridized carbons (Fsp3) is 0.667. The molecule has 1 N–H and O–H groups in total. The van der Waals surface area contributed by atoms with Gasteiger partial charge in [-0.15, -0.1) is 0 Å². The second-order valence-corrected chi connectivity index (χ2v) is 9.24. The quantitative estimate of drug-likeness (QED) is 0.911. The molecular weight excluding hydrogens is 296 g/mol. The van der Waals surface area contributed by atoms with Gasteiger partial charge in [0.25, 0.3) is 0 Å². The van der Waals surface area contributed by atoms with Crippen molar-refractivity contribution in [3.8, 4) is 0 Å². The fourth-order valence-electron chi connectivity index (χ4n) is 5.12. The highest BCUT2D eigenvalue weighted by Gasteiger charge is 2.67. The molecule has 4 rings (SSSR count). The Balaban J connectivity index is 1.62. The van der Waals surface area contributed by atoms with Crippen LogP contribution in [0.15, 0.2) is 30.3 Å². The van der Waals surface area contributed by atoms with Gasteiger partial charge in [-0.25, -0.2) is 0 Å². The average molecular weight is 320 g/mol. The van der Waals surface area contributed by atoms with Crippen LogP contribution in [0.25, 0.3) is 0 Å². The van der Waals surface area contributed by atoms with Crippen LogP contribution in [-0.4, -0.2) is 26.6 Å². The summed E-state index contributed by atoms with van der Waals surface area (Å²) in [6, 6.07) is 9.46. The second-order valence-electron chi connectivity index (χ2n) is 7.72. The van der Waals surface area contributed by atoms with E-state index in [0.29, 0.717) is 11.7 Å². The Hall–Kier alpha value is -0.710. The lowest BCUT2D eigenvalue weighted by Crippen LogP contribution is -2.53. The van der Waals surface area contributed by atoms with Crippen LogP contribution in [0.4, 0.5) is 0 Å². The fourth-order valence-corrected chi connectivity index (χ4v) is 7.19. The minimum atomic E-state index is -1.15. The second kappa shape index (κ2) is 4.89. The van der Waals surface area contributed by atoms with Crippen LogP contribution < -0.4 is 0 Å². The Morgan fingerprint density at radius 3 is 2.73 bits per heavy atom. The van der Waals surface area contributed by atoms with Crippen LogP contribution in [0.5, 0.6) is 0 Å². The van der Waals surface area contributed by atoms with Crippen molar-refractivity contribution in [3.63, 3.8) is 0 Å². The summed E-state index contributed by atoms with van der Waals surface area (Å²) in [4.78, 5) is 0. The van der Waals surface area contributed by atoms with Crippen LogP contribution in [0, 0.1) is 16.7 Å². The first-order valence-electron chi connectivity index (χ1n) is 8.21. The van der Waals surface area contributed by atoms with Gasteiger partial charge in [0, 0.05) is 11.2 Å². The van der Waals surface area contributed by atoms with Crippen LogP contribution in [0.1, 0.15) is 44.8 Å². The molecule has 3 fully saturated rings. The molecule has 1 unspecified atom stereocenters. The minimum Gasteiger partial charge on any atom is -0.385 e. The van der Waals surface area contributed by atoms with Gasteiger partial charge in [0.1, 0.15) is 6.10 Å². The van der Waals surface area contributed by atoms with E-state index in [1.807, 2.05) is 30.3 Å². The van der Waals surface area contributed by atoms with Crippen molar-refractivity contribution in [2.45, 2.75) is 50.8 Å². The summed E-state index contributed by atoms with van der Waals surface area (Å²) in [7, 11) is -1.15. The van der Waals surface area contributed by atoms with E-state index in [2.05, 4.69) is 13.8 Å². The van der Waals surface area contributed by atoms with E-state index in [4.69, 9.17) is 4.74 Å². The average Bonchev–Trinajstić information content (AvgIpc) is 2.88. The van der Waals surface area contributed by atoms with E-state index in [9.17, 15) is 9.32 Å². The lowest BCUT2D eigenvalue weighted by Gasteiger charge is -2.47.